The smallest absolute Gasteiger partial charge is 0.0780 e. The summed E-state index contributed by atoms with van der Waals surface area (Å²) in [5.41, 5.74) is 0. The molecule has 0 radical (unpaired) electrons. The van der Waals surface area contributed by atoms with E-state index in [1.165, 1.54) is 51.4 Å². The SMILES string of the molecule is CCCCCCOC(C)COCC(CC)CCCC. The summed E-state index contributed by atoms with van der Waals surface area (Å²) in [5, 5.41) is 0. The van der Waals surface area contributed by atoms with Crippen molar-refractivity contribution >= 4 is 0 Å². The van der Waals surface area contributed by atoms with Gasteiger partial charge in [0.1, 0.15) is 0 Å². The van der Waals surface area contributed by atoms with Gasteiger partial charge in [0.15, 0.2) is 0 Å². The highest BCUT2D eigenvalue weighted by atomic mass is 16.5. The fourth-order valence-electron chi connectivity index (χ4n) is 2.16. The van der Waals surface area contributed by atoms with E-state index in [0.717, 1.165) is 25.7 Å². The molecule has 0 rings (SSSR count). The summed E-state index contributed by atoms with van der Waals surface area (Å²) in [5.74, 6) is 0.733. The maximum atomic E-state index is 5.80. The molecule has 0 saturated carbocycles. The molecular formula is C17H36O2. The predicted molar refractivity (Wildman–Crippen MR) is 83.7 cm³/mol. The zero-order chi connectivity index (χ0) is 14.3. The lowest BCUT2D eigenvalue weighted by atomic mass is 10.0. The minimum absolute atomic E-state index is 0.241. The molecule has 2 heteroatoms. The molecule has 0 saturated heterocycles. The number of rotatable bonds is 14. The van der Waals surface area contributed by atoms with Crippen LogP contribution in [-0.4, -0.2) is 25.9 Å². The minimum atomic E-state index is 0.241. The molecule has 0 spiro atoms. The monoisotopic (exact) mass is 272 g/mol. The van der Waals surface area contributed by atoms with Crippen molar-refractivity contribution in [1.29, 1.82) is 0 Å². The van der Waals surface area contributed by atoms with Crippen molar-refractivity contribution in [3.8, 4) is 0 Å². The Morgan fingerprint density at radius 2 is 1.58 bits per heavy atom. The summed E-state index contributed by atoms with van der Waals surface area (Å²) in [6.45, 7) is 11.4. The molecular weight excluding hydrogens is 236 g/mol. The molecule has 0 amide bonds. The Morgan fingerprint density at radius 1 is 0.842 bits per heavy atom. The van der Waals surface area contributed by atoms with Crippen molar-refractivity contribution < 1.29 is 9.47 Å². The van der Waals surface area contributed by atoms with Crippen LogP contribution in [0.25, 0.3) is 0 Å². The topological polar surface area (TPSA) is 18.5 Å². The van der Waals surface area contributed by atoms with Crippen LogP contribution in [0.4, 0.5) is 0 Å². The second-order valence-corrected chi connectivity index (χ2v) is 5.70. The Kier molecular flexibility index (Phi) is 14.3. The molecule has 0 aliphatic heterocycles. The first-order valence-electron chi connectivity index (χ1n) is 8.43. The van der Waals surface area contributed by atoms with E-state index in [1.54, 1.807) is 0 Å². The van der Waals surface area contributed by atoms with Crippen LogP contribution in [-0.2, 0) is 9.47 Å². The summed E-state index contributed by atoms with van der Waals surface area (Å²) in [6.07, 6.45) is 10.5. The van der Waals surface area contributed by atoms with E-state index in [1.807, 2.05) is 0 Å². The van der Waals surface area contributed by atoms with Gasteiger partial charge in [0, 0.05) is 13.2 Å². The molecule has 0 N–H and O–H groups in total. The van der Waals surface area contributed by atoms with Gasteiger partial charge in [-0.3, -0.25) is 0 Å². The molecule has 2 atom stereocenters. The highest BCUT2D eigenvalue weighted by Gasteiger charge is 2.08. The highest BCUT2D eigenvalue weighted by molar-refractivity contribution is 4.57. The summed E-state index contributed by atoms with van der Waals surface area (Å²) < 4.78 is 11.6. The van der Waals surface area contributed by atoms with Gasteiger partial charge in [0.05, 0.1) is 12.7 Å². The van der Waals surface area contributed by atoms with Crippen molar-refractivity contribution in [3.63, 3.8) is 0 Å². The van der Waals surface area contributed by atoms with Gasteiger partial charge in [-0.1, -0.05) is 59.3 Å². The van der Waals surface area contributed by atoms with Crippen LogP contribution in [0.15, 0.2) is 0 Å². The third kappa shape index (κ3) is 12.7. The maximum absolute atomic E-state index is 5.80. The van der Waals surface area contributed by atoms with Gasteiger partial charge in [-0.2, -0.15) is 0 Å². The first kappa shape index (κ1) is 18.9. The molecule has 0 aromatic rings. The van der Waals surface area contributed by atoms with Crippen LogP contribution >= 0.6 is 0 Å². The molecule has 0 aromatic carbocycles. The Balaban J connectivity index is 3.42. The van der Waals surface area contributed by atoms with E-state index in [0.29, 0.717) is 0 Å². The number of ether oxygens (including phenoxy) is 2. The number of hydrogen-bond donors (Lipinski definition) is 0. The molecule has 0 aliphatic rings. The zero-order valence-electron chi connectivity index (χ0n) is 13.7. The van der Waals surface area contributed by atoms with Gasteiger partial charge in [0.2, 0.25) is 0 Å². The second-order valence-electron chi connectivity index (χ2n) is 5.70. The first-order chi connectivity index (χ1) is 9.24. The lowest BCUT2D eigenvalue weighted by Crippen LogP contribution is -2.19. The molecule has 2 unspecified atom stereocenters. The average Bonchev–Trinajstić information content (AvgIpc) is 2.42. The van der Waals surface area contributed by atoms with Gasteiger partial charge in [0.25, 0.3) is 0 Å². The molecule has 116 valence electrons. The van der Waals surface area contributed by atoms with Crippen LogP contribution in [0, 0.1) is 5.92 Å². The van der Waals surface area contributed by atoms with E-state index < -0.39 is 0 Å². The number of unbranched alkanes of at least 4 members (excludes halogenated alkanes) is 4. The van der Waals surface area contributed by atoms with Crippen LogP contribution in [0.1, 0.15) is 79.1 Å². The normalized spacial score (nSPS) is 14.5. The fraction of sp³-hybridized carbons (Fsp3) is 1.00. The Bertz CT molecular complexity index is 171. The van der Waals surface area contributed by atoms with Crippen LogP contribution in [0.3, 0.4) is 0 Å². The van der Waals surface area contributed by atoms with Crippen molar-refractivity contribution in [2.24, 2.45) is 5.92 Å². The minimum Gasteiger partial charge on any atom is -0.378 e. The molecule has 19 heavy (non-hydrogen) atoms. The largest absolute Gasteiger partial charge is 0.378 e. The van der Waals surface area contributed by atoms with Gasteiger partial charge in [-0.25, -0.2) is 0 Å². The Morgan fingerprint density at radius 3 is 2.21 bits per heavy atom. The van der Waals surface area contributed by atoms with E-state index in [2.05, 4.69) is 27.7 Å². The van der Waals surface area contributed by atoms with Crippen LogP contribution < -0.4 is 0 Å². The van der Waals surface area contributed by atoms with E-state index in [9.17, 15) is 0 Å². The Labute approximate surface area is 121 Å². The van der Waals surface area contributed by atoms with Crippen LogP contribution in [0.2, 0.25) is 0 Å². The lowest BCUT2D eigenvalue weighted by Gasteiger charge is -2.17. The highest BCUT2D eigenvalue weighted by Crippen LogP contribution is 2.13. The van der Waals surface area contributed by atoms with Gasteiger partial charge < -0.3 is 9.47 Å². The van der Waals surface area contributed by atoms with Crippen molar-refractivity contribution in [3.05, 3.63) is 0 Å². The maximum Gasteiger partial charge on any atom is 0.0780 e. The van der Waals surface area contributed by atoms with Gasteiger partial charge >= 0.3 is 0 Å². The summed E-state index contributed by atoms with van der Waals surface area (Å²) in [7, 11) is 0. The third-order valence-corrected chi connectivity index (χ3v) is 3.65. The third-order valence-electron chi connectivity index (χ3n) is 3.65. The van der Waals surface area contributed by atoms with Gasteiger partial charge in [-0.05, 0) is 25.7 Å². The summed E-state index contributed by atoms with van der Waals surface area (Å²) >= 11 is 0. The van der Waals surface area contributed by atoms with Gasteiger partial charge in [-0.15, -0.1) is 0 Å². The summed E-state index contributed by atoms with van der Waals surface area (Å²) in [6, 6.07) is 0. The first-order valence-corrected chi connectivity index (χ1v) is 8.43. The van der Waals surface area contributed by atoms with Crippen molar-refractivity contribution in [2.75, 3.05) is 19.8 Å². The second kappa shape index (κ2) is 14.3. The van der Waals surface area contributed by atoms with E-state index in [4.69, 9.17) is 9.47 Å². The van der Waals surface area contributed by atoms with Crippen molar-refractivity contribution in [1.82, 2.24) is 0 Å². The number of hydrogen-bond acceptors (Lipinski definition) is 2. The standard InChI is InChI=1S/C17H36O2/c1-5-8-10-11-13-19-16(4)14-18-15-17(7-3)12-9-6-2/h16-17H,5-15H2,1-4H3. The van der Waals surface area contributed by atoms with Crippen molar-refractivity contribution in [2.45, 2.75) is 85.2 Å². The molecule has 0 aliphatic carbocycles. The molecule has 0 bridgehead atoms. The lowest BCUT2D eigenvalue weighted by molar-refractivity contribution is -0.0178. The Hall–Kier alpha value is -0.0800. The van der Waals surface area contributed by atoms with Crippen LogP contribution in [0.5, 0.6) is 0 Å². The van der Waals surface area contributed by atoms with E-state index in [-0.39, 0.29) is 6.10 Å². The predicted octanol–water partition coefficient (Wildman–Crippen LogP) is 5.20. The molecule has 0 heterocycles. The molecule has 0 fully saturated rings. The fourth-order valence-corrected chi connectivity index (χ4v) is 2.16. The molecule has 0 aromatic heterocycles. The quantitative estimate of drug-likeness (QED) is 0.404. The zero-order valence-corrected chi connectivity index (χ0v) is 13.7. The van der Waals surface area contributed by atoms with E-state index >= 15 is 0 Å². The molecule has 2 nitrogen and oxygen atoms in total. The average molecular weight is 272 g/mol. The summed E-state index contributed by atoms with van der Waals surface area (Å²) in [4.78, 5) is 0.